The minimum atomic E-state index is -4.37. The van der Waals surface area contributed by atoms with E-state index in [0.717, 1.165) is 6.07 Å². The van der Waals surface area contributed by atoms with Crippen LogP contribution in [0, 0.1) is 12.7 Å². The number of hydrogen-bond acceptors (Lipinski definition) is 1. The number of hydrogen-bond donors (Lipinski definition) is 1. The molecule has 0 atom stereocenters. The number of alkyl halides is 3. The first kappa shape index (κ1) is 15.5. The fourth-order valence-electron chi connectivity index (χ4n) is 2.04. The molecule has 2 aromatic rings. The molecule has 0 saturated carbocycles. The topological polar surface area (TPSA) is 12.0 Å². The van der Waals surface area contributed by atoms with E-state index in [1.165, 1.54) is 18.2 Å². The van der Waals surface area contributed by atoms with E-state index in [1.54, 1.807) is 25.1 Å². The Bertz CT molecular complexity index is 620. The predicted molar refractivity (Wildman–Crippen MR) is 73.1 cm³/mol. The normalized spacial score (nSPS) is 11.7. The molecule has 0 aromatic heterocycles. The van der Waals surface area contributed by atoms with E-state index < -0.39 is 11.7 Å². The first-order chi connectivity index (χ1) is 9.88. The molecular formula is C16H15F4N. The Morgan fingerprint density at radius 3 is 2.38 bits per heavy atom. The largest absolute Gasteiger partial charge is 0.416 e. The van der Waals surface area contributed by atoms with Gasteiger partial charge in [0.05, 0.1) is 5.56 Å². The Morgan fingerprint density at radius 2 is 1.71 bits per heavy atom. The van der Waals surface area contributed by atoms with E-state index in [4.69, 9.17) is 0 Å². The van der Waals surface area contributed by atoms with Crippen LogP contribution < -0.4 is 5.32 Å². The van der Waals surface area contributed by atoms with E-state index >= 15 is 0 Å². The van der Waals surface area contributed by atoms with Gasteiger partial charge >= 0.3 is 6.18 Å². The minimum absolute atomic E-state index is 0.0746. The van der Waals surface area contributed by atoms with Gasteiger partial charge in [-0.1, -0.05) is 30.3 Å². The summed E-state index contributed by atoms with van der Waals surface area (Å²) < 4.78 is 51.8. The fraction of sp³-hybridized carbons (Fsp3) is 0.250. The van der Waals surface area contributed by atoms with Crippen molar-refractivity contribution in [3.05, 3.63) is 70.5 Å². The molecule has 2 aromatic carbocycles. The van der Waals surface area contributed by atoms with Crippen LogP contribution in [0.3, 0.4) is 0 Å². The van der Waals surface area contributed by atoms with Gasteiger partial charge in [-0.15, -0.1) is 0 Å². The van der Waals surface area contributed by atoms with Gasteiger partial charge in [-0.25, -0.2) is 4.39 Å². The van der Waals surface area contributed by atoms with Gasteiger partial charge in [0.25, 0.3) is 0 Å². The van der Waals surface area contributed by atoms with Gasteiger partial charge in [0.2, 0.25) is 0 Å². The third kappa shape index (κ3) is 4.04. The van der Waals surface area contributed by atoms with Crippen LogP contribution in [-0.2, 0) is 19.3 Å². The summed E-state index contributed by atoms with van der Waals surface area (Å²) in [6, 6.07) is 10.2. The third-order valence-electron chi connectivity index (χ3n) is 3.20. The van der Waals surface area contributed by atoms with Crippen LogP contribution in [0.1, 0.15) is 22.3 Å². The number of benzene rings is 2. The van der Waals surface area contributed by atoms with Crippen molar-refractivity contribution in [3.8, 4) is 0 Å². The Kier molecular flexibility index (Phi) is 4.63. The number of aryl methyl sites for hydroxylation is 1. The van der Waals surface area contributed by atoms with E-state index in [2.05, 4.69) is 5.32 Å². The van der Waals surface area contributed by atoms with Crippen molar-refractivity contribution in [3.63, 3.8) is 0 Å². The summed E-state index contributed by atoms with van der Waals surface area (Å²) in [5, 5.41) is 2.91. The van der Waals surface area contributed by atoms with Gasteiger partial charge in [-0.2, -0.15) is 13.2 Å². The molecule has 2 rings (SSSR count). The Morgan fingerprint density at radius 1 is 1.00 bits per heavy atom. The van der Waals surface area contributed by atoms with Crippen molar-refractivity contribution >= 4 is 0 Å². The van der Waals surface area contributed by atoms with Crippen molar-refractivity contribution in [2.24, 2.45) is 0 Å². The van der Waals surface area contributed by atoms with Crippen molar-refractivity contribution in [1.29, 1.82) is 0 Å². The Labute approximate surface area is 120 Å². The lowest BCUT2D eigenvalue weighted by Gasteiger charge is -2.13. The van der Waals surface area contributed by atoms with Gasteiger partial charge in [0, 0.05) is 13.1 Å². The molecule has 1 nitrogen and oxygen atoms in total. The van der Waals surface area contributed by atoms with Crippen molar-refractivity contribution in [2.45, 2.75) is 26.2 Å². The number of halogens is 4. The molecule has 0 aliphatic rings. The summed E-state index contributed by atoms with van der Waals surface area (Å²) in [6.07, 6.45) is -4.37. The molecule has 21 heavy (non-hydrogen) atoms. The molecule has 0 radical (unpaired) electrons. The monoisotopic (exact) mass is 297 g/mol. The maximum Gasteiger partial charge on any atom is 0.416 e. The number of rotatable bonds is 4. The molecule has 0 aliphatic heterocycles. The van der Waals surface area contributed by atoms with Gasteiger partial charge < -0.3 is 5.32 Å². The zero-order chi connectivity index (χ0) is 15.5. The summed E-state index contributed by atoms with van der Waals surface area (Å²) in [5.41, 5.74) is 0.772. The molecule has 0 heterocycles. The van der Waals surface area contributed by atoms with Gasteiger partial charge in [-0.05, 0) is 35.7 Å². The molecule has 0 fully saturated rings. The van der Waals surface area contributed by atoms with Gasteiger partial charge in [-0.3, -0.25) is 0 Å². The molecule has 112 valence electrons. The molecule has 0 bridgehead atoms. The van der Waals surface area contributed by atoms with E-state index in [0.29, 0.717) is 17.7 Å². The zero-order valence-electron chi connectivity index (χ0n) is 11.5. The second kappa shape index (κ2) is 6.26. The van der Waals surface area contributed by atoms with E-state index in [-0.39, 0.29) is 17.9 Å². The summed E-state index contributed by atoms with van der Waals surface area (Å²) in [7, 11) is 0. The lowest BCUT2D eigenvalue weighted by molar-refractivity contribution is -0.138. The average molecular weight is 297 g/mol. The van der Waals surface area contributed by atoms with Gasteiger partial charge in [0.1, 0.15) is 5.82 Å². The van der Waals surface area contributed by atoms with Crippen LogP contribution in [0.25, 0.3) is 0 Å². The minimum Gasteiger partial charge on any atom is -0.309 e. The fourth-order valence-corrected chi connectivity index (χ4v) is 2.04. The lowest BCUT2D eigenvalue weighted by atomic mass is 10.1. The van der Waals surface area contributed by atoms with Crippen molar-refractivity contribution < 1.29 is 17.6 Å². The smallest absolute Gasteiger partial charge is 0.309 e. The van der Waals surface area contributed by atoms with Crippen molar-refractivity contribution in [2.75, 3.05) is 0 Å². The van der Waals surface area contributed by atoms with Crippen LogP contribution in [0.2, 0.25) is 0 Å². The zero-order valence-corrected chi connectivity index (χ0v) is 11.5. The maximum absolute atomic E-state index is 13.4. The molecule has 0 spiro atoms. The van der Waals surface area contributed by atoms with Crippen LogP contribution >= 0.6 is 0 Å². The van der Waals surface area contributed by atoms with Crippen molar-refractivity contribution in [1.82, 2.24) is 5.32 Å². The highest BCUT2D eigenvalue weighted by molar-refractivity contribution is 5.29. The SMILES string of the molecule is Cc1ccc(CNCc2ccccc2C(F)(F)F)cc1F. The summed E-state index contributed by atoms with van der Waals surface area (Å²) in [6.45, 7) is 2.04. The Hall–Kier alpha value is -1.88. The maximum atomic E-state index is 13.4. The third-order valence-corrected chi connectivity index (χ3v) is 3.20. The quantitative estimate of drug-likeness (QED) is 0.823. The number of nitrogens with one attached hydrogen (secondary N) is 1. The molecule has 5 heteroatoms. The van der Waals surface area contributed by atoms with E-state index in [1.807, 2.05) is 0 Å². The predicted octanol–water partition coefficient (Wildman–Crippen LogP) is 4.44. The summed E-state index contributed by atoms with van der Waals surface area (Å²) in [4.78, 5) is 0. The highest BCUT2D eigenvalue weighted by atomic mass is 19.4. The Balaban J connectivity index is 2.02. The molecule has 0 unspecified atom stereocenters. The second-order valence-electron chi connectivity index (χ2n) is 4.84. The van der Waals surface area contributed by atoms with Crippen LogP contribution in [0.4, 0.5) is 17.6 Å². The standard InChI is InChI=1S/C16H15F4N/c1-11-6-7-12(8-15(11)17)9-21-10-13-4-2-3-5-14(13)16(18,19)20/h2-8,21H,9-10H2,1H3. The summed E-state index contributed by atoms with van der Waals surface area (Å²) in [5.74, 6) is -0.315. The van der Waals surface area contributed by atoms with Crippen LogP contribution in [0.5, 0.6) is 0 Å². The summed E-state index contributed by atoms with van der Waals surface area (Å²) >= 11 is 0. The van der Waals surface area contributed by atoms with E-state index in [9.17, 15) is 17.6 Å². The molecule has 0 aliphatic carbocycles. The van der Waals surface area contributed by atoms with Crippen LogP contribution in [0.15, 0.2) is 42.5 Å². The first-order valence-corrected chi connectivity index (χ1v) is 6.49. The van der Waals surface area contributed by atoms with Crippen LogP contribution in [-0.4, -0.2) is 0 Å². The molecular weight excluding hydrogens is 282 g/mol. The second-order valence-corrected chi connectivity index (χ2v) is 4.84. The highest BCUT2D eigenvalue weighted by Gasteiger charge is 2.32. The first-order valence-electron chi connectivity index (χ1n) is 6.49. The average Bonchev–Trinajstić information content (AvgIpc) is 2.42. The molecule has 0 saturated heterocycles. The van der Waals surface area contributed by atoms with Gasteiger partial charge in [0.15, 0.2) is 0 Å². The molecule has 1 N–H and O–H groups in total. The molecule has 0 amide bonds. The lowest BCUT2D eigenvalue weighted by Crippen LogP contribution is -2.17. The highest BCUT2D eigenvalue weighted by Crippen LogP contribution is 2.31.